The van der Waals surface area contributed by atoms with Crippen LogP contribution in [0.3, 0.4) is 0 Å². The number of hydrogen-bond donors (Lipinski definition) is 1. The molecule has 8 heteroatoms. The summed E-state index contributed by atoms with van der Waals surface area (Å²) in [6.07, 6.45) is 1.23. The van der Waals surface area contributed by atoms with E-state index in [-0.39, 0.29) is 29.2 Å². The first-order chi connectivity index (χ1) is 12.4. The predicted molar refractivity (Wildman–Crippen MR) is 93.8 cm³/mol. The zero-order valence-electron chi connectivity index (χ0n) is 14.7. The number of fused-ring (bicyclic) bond motifs is 1. The number of pyridine rings is 1. The molecule has 1 aliphatic heterocycles. The highest BCUT2D eigenvalue weighted by atomic mass is 19.1. The highest BCUT2D eigenvalue weighted by Crippen LogP contribution is 2.32. The summed E-state index contributed by atoms with van der Waals surface area (Å²) in [6, 6.07) is 2.72. The topological polar surface area (TPSA) is 83.0 Å². The number of carbonyl (C=O) groups is 2. The van der Waals surface area contributed by atoms with E-state index in [1.165, 1.54) is 19.2 Å². The van der Waals surface area contributed by atoms with Gasteiger partial charge in [0.2, 0.25) is 5.91 Å². The maximum Gasteiger partial charge on any atom is 0.343 e. The van der Waals surface area contributed by atoms with Gasteiger partial charge in [0.25, 0.3) is 0 Å². The van der Waals surface area contributed by atoms with Gasteiger partial charge in [-0.15, -0.1) is 0 Å². The minimum absolute atomic E-state index is 0.00159. The Morgan fingerprint density at radius 3 is 2.58 bits per heavy atom. The average Bonchev–Trinajstić information content (AvgIpc) is 2.62. The van der Waals surface area contributed by atoms with E-state index < -0.39 is 11.8 Å². The van der Waals surface area contributed by atoms with Crippen LogP contribution in [0.25, 0.3) is 10.9 Å². The van der Waals surface area contributed by atoms with Crippen molar-refractivity contribution in [2.24, 2.45) is 0 Å². The molecule has 0 radical (unpaired) electrons. The number of nitrogens with zero attached hydrogens (tertiary/aromatic N) is 3. The van der Waals surface area contributed by atoms with Crippen LogP contribution in [0.1, 0.15) is 24.2 Å². The summed E-state index contributed by atoms with van der Waals surface area (Å²) in [4.78, 5) is 31.0. The van der Waals surface area contributed by atoms with E-state index in [4.69, 9.17) is 4.74 Å². The fourth-order valence-electron chi connectivity index (χ4n) is 3.05. The maximum atomic E-state index is 14.6. The molecular weight excluding hydrogens is 341 g/mol. The number of aromatic hydroxyl groups is 1. The van der Waals surface area contributed by atoms with Crippen LogP contribution in [0.5, 0.6) is 5.75 Å². The molecule has 1 N–H and O–H groups in total. The minimum Gasteiger partial charge on any atom is -0.506 e. The lowest BCUT2D eigenvalue weighted by Gasteiger charge is -2.35. The van der Waals surface area contributed by atoms with E-state index >= 15 is 0 Å². The molecule has 2 heterocycles. The lowest BCUT2D eigenvalue weighted by Crippen LogP contribution is -2.48. The minimum atomic E-state index is -0.704. The second-order valence-corrected chi connectivity index (χ2v) is 6.05. The van der Waals surface area contributed by atoms with Gasteiger partial charge in [-0.1, -0.05) is 0 Å². The number of carbonyl (C=O) groups excluding carboxylic acids is 2. The third-order valence-electron chi connectivity index (χ3n) is 4.47. The molecule has 1 aromatic heterocycles. The van der Waals surface area contributed by atoms with Gasteiger partial charge in [0.15, 0.2) is 0 Å². The summed E-state index contributed by atoms with van der Waals surface area (Å²) < 4.78 is 19.5. The summed E-state index contributed by atoms with van der Waals surface area (Å²) >= 11 is 0. The van der Waals surface area contributed by atoms with Crippen molar-refractivity contribution in [2.75, 3.05) is 37.7 Å². The molecule has 138 valence electrons. The molecule has 2 aromatic rings. The smallest absolute Gasteiger partial charge is 0.343 e. The molecule has 0 aliphatic carbocycles. The van der Waals surface area contributed by atoms with Crippen molar-refractivity contribution in [2.45, 2.75) is 13.8 Å². The molecule has 0 saturated carbocycles. The van der Waals surface area contributed by atoms with Gasteiger partial charge in [-0.3, -0.25) is 9.78 Å². The molecule has 3 rings (SSSR count). The summed E-state index contributed by atoms with van der Waals surface area (Å²) in [7, 11) is 0. The molecule has 0 spiro atoms. The van der Waals surface area contributed by atoms with Crippen molar-refractivity contribution in [1.82, 2.24) is 9.88 Å². The normalized spacial score (nSPS) is 14.6. The number of aromatic nitrogens is 1. The number of hydrogen-bond acceptors (Lipinski definition) is 6. The van der Waals surface area contributed by atoms with Crippen molar-refractivity contribution in [3.05, 3.63) is 29.7 Å². The molecule has 0 bridgehead atoms. The summed E-state index contributed by atoms with van der Waals surface area (Å²) in [6.45, 7) is 5.39. The summed E-state index contributed by atoms with van der Waals surface area (Å²) in [5.41, 5.74) is 0.638. The van der Waals surface area contributed by atoms with Crippen molar-refractivity contribution in [3.63, 3.8) is 0 Å². The second kappa shape index (κ2) is 7.15. The Morgan fingerprint density at radius 2 is 1.96 bits per heavy atom. The van der Waals surface area contributed by atoms with Crippen LogP contribution >= 0.6 is 0 Å². The van der Waals surface area contributed by atoms with E-state index in [9.17, 15) is 19.1 Å². The number of benzene rings is 1. The number of piperazine rings is 1. The average molecular weight is 361 g/mol. The van der Waals surface area contributed by atoms with Crippen LogP contribution < -0.4 is 4.90 Å². The third kappa shape index (κ3) is 3.26. The molecule has 1 fully saturated rings. The number of rotatable bonds is 3. The highest BCUT2D eigenvalue weighted by Gasteiger charge is 2.23. The van der Waals surface area contributed by atoms with Gasteiger partial charge in [-0.2, -0.15) is 0 Å². The van der Waals surface area contributed by atoms with Crippen LogP contribution in [0.15, 0.2) is 18.3 Å². The number of esters is 1. The lowest BCUT2D eigenvalue weighted by molar-refractivity contribution is -0.129. The Balaban J connectivity index is 1.93. The number of halogens is 1. The Labute approximate surface area is 150 Å². The highest BCUT2D eigenvalue weighted by molar-refractivity contribution is 6.00. The Morgan fingerprint density at radius 1 is 1.27 bits per heavy atom. The number of amides is 1. The molecule has 7 nitrogen and oxygen atoms in total. The standard InChI is InChI=1S/C18H20FN3O4/c1-3-26-18(25)13-10-20-15-9-16(14(19)8-12(15)17(13)24)22-6-4-21(5-7-22)11(2)23/h8-10H,3-7H2,1-2H3,(H,20,24). The van der Waals surface area contributed by atoms with Crippen LogP contribution in [0, 0.1) is 5.82 Å². The Kier molecular flexibility index (Phi) is 4.92. The molecule has 0 unspecified atom stereocenters. The van der Waals surface area contributed by atoms with Crippen LogP contribution in [0.4, 0.5) is 10.1 Å². The second-order valence-electron chi connectivity index (χ2n) is 6.05. The summed E-state index contributed by atoms with van der Waals surface area (Å²) in [5, 5.41) is 10.5. The largest absolute Gasteiger partial charge is 0.506 e. The molecule has 1 amide bonds. The first-order valence-electron chi connectivity index (χ1n) is 8.41. The van der Waals surface area contributed by atoms with Crippen molar-refractivity contribution in [1.29, 1.82) is 0 Å². The fraction of sp³-hybridized carbons (Fsp3) is 0.389. The Bertz CT molecular complexity index is 863. The van der Waals surface area contributed by atoms with Crippen molar-refractivity contribution < 1.29 is 23.8 Å². The molecular formula is C18H20FN3O4. The van der Waals surface area contributed by atoms with E-state index in [0.29, 0.717) is 37.4 Å². The van der Waals surface area contributed by atoms with Gasteiger partial charge in [0.05, 0.1) is 17.8 Å². The van der Waals surface area contributed by atoms with Gasteiger partial charge in [0, 0.05) is 44.7 Å². The summed E-state index contributed by atoms with van der Waals surface area (Å²) in [5.74, 6) is -1.57. The van der Waals surface area contributed by atoms with Gasteiger partial charge in [-0.05, 0) is 19.1 Å². The van der Waals surface area contributed by atoms with Crippen molar-refractivity contribution >= 4 is 28.5 Å². The molecule has 26 heavy (non-hydrogen) atoms. The molecule has 1 aromatic carbocycles. The third-order valence-corrected chi connectivity index (χ3v) is 4.47. The molecule has 1 saturated heterocycles. The van der Waals surface area contributed by atoms with Gasteiger partial charge in [0.1, 0.15) is 17.1 Å². The first-order valence-corrected chi connectivity index (χ1v) is 8.41. The van der Waals surface area contributed by atoms with Gasteiger partial charge >= 0.3 is 5.97 Å². The monoisotopic (exact) mass is 361 g/mol. The maximum absolute atomic E-state index is 14.6. The SMILES string of the molecule is CCOC(=O)c1cnc2cc(N3CCN(C(C)=O)CC3)c(F)cc2c1O. The van der Waals surface area contributed by atoms with E-state index in [1.54, 1.807) is 17.9 Å². The van der Waals surface area contributed by atoms with E-state index in [2.05, 4.69) is 4.98 Å². The number of ether oxygens (including phenoxy) is 1. The fourth-order valence-corrected chi connectivity index (χ4v) is 3.05. The predicted octanol–water partition coefficient (Wildman–Crippen LogP) is 1.92. The zero-order valence-corrected chi connectivity index (χ0v) is 14.7. The Hall–Kier alpha value is -2.90. The van der Waals surface area contributed by atoms with Crippen molar-refractivity contribution in [3.8, 4) is 5.75 Å². The van der Waals surface area contributed by atoms with E-state index in [1.807, 2.05) is 4.90 Å². The first kappa shape index (κ1) is 17.9. The molecule has 0 atom stereocenters. The molecule has 1 aliphatic rings. The van der Waals surface area contributed by atoms with Crippen LogP contribution in [-0.4, -0.2) is 59.7 Å². The lowest BCUT2D eigenvalue weighted by atomic mass is 10.1. The van der Waals surface area contributed by atoms with Gasteiger partial charge < -0.3 is 19.6 Å². The van der Waals surface area contributed by atoms with E-state index in [0.717, 1.165) is 0 Å². The number of anilines is 1. The van der Waals surface area contributed by atoms with Gasteiger partial charge in [-0.25, -0.2) is 9.18 Å². The van der Waals surface area contributed by atoms with Crippen LogP contribution in [0.2, 0.25) is 0 Å². The van der Waals surface area contributed by atoms with Crippen LogP contribution in [-0.2, 0) is 9.53 Å². The zero-order chi connectivity index (χ0) is 18.8. The quantitative estimate of drug-likeness (QED) is 0.841.